The zero-order chi connectivity index (χ0) is 12.6. The van der Waals surface area contributed by atoms with Gasteiger partial charge in [-0.05, 0) is 26.0 Å². The van der Waals surface area contributed by atoms with Gasteiger partial charge in [-0.3, -0.25) is 4.79 Å². The van der Waals surface area contributed by atoms with Crippen molar-refractivity contribution in [1.82, 2.24) is 5.32 Å². The minimum Gasteiger partial charge on any atom is -0.310 e. The van der Waals surface area contributed by atoms with Crippen LogP contribution in [0, 0.1) is 12.8 Å². The number of nitrogens with zero attached hydrogens (tertiary/aromatic N) is 1. The van der Waals surface area contributed by atoms with Crippen molar-refractivity contribution < 1.29 is 4.79 Å². The molecular formula is C14H20N2O. The molecule has 1 unspecified atom stereocenters. The Hall–Kier alpha value is -1.35. The molecule has 1 aliphatic heterocycles. The van der Waals surface area contributed by atoms with Gasteiger partial charge in [-0.2, -0.15) is 0 Å². The van der Waals surface area contributed by atoms with Crippen LogP contribution >= 0.6 is 0 Å². The normalized spacial score (nSPS) is 19.0. The van der Waals surface area contributed by atoms with Gasteiger partial charge in [0.25, 0.3) is 0 Å². The standard InChI is InChI=1S/C14H20N2O/c1-9(2)8-16-12-6-5-10(3)7-11(12)13(15-4)14(16)17/h5-7,9,13,15H,8H2,1-4H3. The first-order valence-electron chi connectivity index (χ1n) is 6.13. The fourth-order valence-corrected chi connectivity index (χ4v) is 2.39. The first-order chi connectivity index (χ1) is 8.04. The number of benzene rings is 1. The Morgan fingerprint density at radius 1 is 1.41 bits per heavy atom. The van der Waals surface area contributed by atoms with Gasteiger partial charge >= 0.3 is 0 Å². The summed E-state index contributed by atoms with van der Waals surface area (Å²) in [7, 11) is 1.84. The van der Waals surface area contributed by atoms with Crippen LogP contribution in [0.1, 0.15) is 31.0 Å². The molecule has 3 heteroatoms. The number of aryl methyl sites for hydroxylation is 1. The molecule has 1 aliphatic rings. The number of rotatable bonds is 3. The third-order valence-corrected chi connectivity index (χ3v) is 3.13. The van der Waals surface area contributed by atoms with E-state index in [2.05, 4.69) is 44.3 Å². The molecule has 1 amide bonds. The molecule has 0 radical (unpaired) electrons. The van der Waals surface area contributed by atoms with Crippen LogP contribution in [0.2, 0.25) is 0 Å². The van der Waals surface area contributed by atoms with Crippen LogP contribution in [-0.4, -0.2) is 19.5 Å². The Kier molecular flexibility index (Phi) is 3.20. The lowest BCUT2D eigenvalue weighted by molar-refractivity contribution is -0.119. The van der Waals surface area contributed by atoms with Crippen molar-refractivity contribution in [3.8, 4) is 0 Å². The van der Waals surface area contributed by atoms with Crippen LogP contribution in [-0.2, 0) is 4.79 Å². The van der Waals surface area contributed by atoms with Crippen molar-refractivity contribution in [3.05, 3.63) is 29.3 Å². The molecule has 0 saturated carbocycles. The molecule has 17 heavy (non-hydrogen) atoms. The van der Waals surface area contributed by atoms with Crippen molar-refractivity contribution in [2.75, 3.05) is 18.5 Å². The maximum absolute atomic E-state index is 12.3. The Balaban J connectivity index is 2.43. The molecule has 1 atom stereocenters. The van der Waals surface area contributed by atoms with E-state index in [-0.39, 0.29) is 11.9 Å². The van der Waals surface area contributed by atoms with E-state index in [4.69, 9.17) is 0 Å². The van der Waals surface area contributed by atoms with Gasteiger partial charge in [0.2, 0.25) is 5.91 Å². The van der Waals surface area contributed by atoms with E-state index in [1.165, 1.54) is 5.56 Å². The lowest BCUT2D eigenvalue weighted by atomic mass is 10.1. The van der Waals surface area contributed by atoms with Crippen LogP contribution < -0.4 is 10.2 Å². The number of nitrogens with one attached hydrogen (secondary N) is 1. The number of hydrogen-bond donors (Lipinski definition) is 1. The summed E-state index contributed by atoms with van der Waals surface area (Å²) in [5.41, 5.74) is 3.37. The van der Waals surface area contributed by atoms with Gasteiger partial charge in [0.05, 0.1) is 0 Å². The summed E-state index contributed by atoms with van der Waals surface area (Å²) in [5, 5.41) is 3.11. The Morgan fingerprint density at radius 3 is 2.71 bits per heavy atom. The molecule has 0 aromatic heterocycles. The highest BCUT2D eigenvalue weighted by atomic mass is 16.2. The van der Waals surface area contributed by atoms with Crippen molar-refractivity contribution in [2.24, 2.45) is 5.92 Å². The summed E-state index contributed by atoms with van der Waals surface area (Å²) in [6, 6.07) is 6.05. The molecule has 0 saturated heterocycles. The number of amides is 1. The summed E-state index contributed by atoms with van der Waals surface area (Å²) in [6.45, 7) is 7.11. The second kappa shape index (κ2) is 4.49. The van der Waals surface area contributed by atoms with E-state index in [0.717, 1.165) is 17.8 Å². The van der Waals surface area contributed by atoms with Crippen LogP contribution in [0.5, 0.6) is 0 Å². The third-order valence-electron chi connectivity index (χ3n) is 3.13. The van der Waals surface area contributed by atoms with E-state index in [1.54, 1.807) is 0 Å². The van der Waals surface area contributed by atoms with Crippen LogP contribution in [0.25, 0.3) is 0 Å². The van der Waals surface area contributed by atoms with Gasteiger partial charge in [-0.25, -0.2) is 0 Å². The van der Waals surface area contributed by atoms with Gasteiger partial charge < -0.3 is 10.2 Å². The predicted molar refractivity (Wildman–Crippen MR) is 70.2 cm³/mol. The van der Waals surface area contributed by atoms with Crippen LogP contribution in [0.15, 0.2) is 18.2 Å². The highest BCUT2D eigenvalue weighted by Gasteiger charge is 2.36. The van der Waals surface area contributed by atoms with Gasteiger partial charge in [-0.15, -0.1) is 0 Å². The highest BCUT2D eigenvalue weighted by Crippen LogP contribution is 2.36. The molecule has 3 nitrogen and oxygen atoms in total. The first kappa shape index (κ1) is 12.1. The molecule has 1 aromatic carbocycles. The van der Waals surface area contributed by atoms with Crippen LogP contribution in [0.3, 0.4) is 0 Å². The second-order valence-electron chi connectivity index (χ2n) is 5.13. The summed E-state index contributed by atoms with van der Waals surface area (Å²) >= 11 is 0. The Morgan fingerprint density at radius 2 is 2.12 bits per heavy atom. The number of likely N-dealkylation sites (N-methyl/N-ethyl adjacent to an activating group) is 1. The zero-order valence-electron chi connectivity index (χ0n) is 10.9. The van der Waals surface area contributed by atoms with Crippen molar-refractivity contribution in [1.29, 1.82) is 0 Å². The number of carbonyl (C=O) groups is 1. The summed E-state index contributed by atoms with van der Waals surface area (Å²) in [4.78, 5) is 14.2. The SMILES string of the molecule is CNC1C(=O)N(CC(C)C)c2ccc(C)cc21. The molecule has 0 spiro atoms. The molecule has 0 fully saturated rings. The number of hydrogen-bond acceptors (Lipinski definition) is 2. The van der Waals surface area contributed by atoms with Crippen molar-refractivity contribution in [2.45, 2.75) is 26.8 Å². The topological polar surface area (TPSA) is 32.3 Å². The van der Waals surface area contributed by atoms with E-state index in [9.17, 15) is 4.79 Å². The summed E-state index contributed by atoms with van der Waals surface area (Å²) in [6.07, 6.45) is 0. The Labute approximate surface area is 103 Å². The van der Waals surface area contributed by atoms with Crippen LogP contribution in [0.4, 0.5) is 5.69 Å². The molecule has 0 aliphatic carbocycles. The molecule has 92 valence electrons. The highest BCUT2D eigenvalue weighted by molar-refractivity contribution is 6.04. The maximum atomic E-state index is 12.3. The lowest BCUT2D eigenvalue weighted by Gasteiger charge is -2.20. The third kappa shape index (κ3) is 2.07. The number of carbonyl (C=O) groups excluding carboxylic acids is 1. The van der Waals surface area contributed by atoms with E-state index < -0.39 is 0 Å². The minimum atomic E-state index is -0.177. The average molecular weight is 232 g/mol. The van der Waals surface area contributed by atoms with Crippen molar-refractivity contribution >= 4 is 11.6 Å². The van der Waals surface area contributed by atoms with Gasteiger partial charge in [0.1, 0.15) is 6.04 Å². The molecule has 2 rings (SSSR count). The van der Waals surface area contributed by atoms with Gasteiger partial charge in [-0.1, -0.05) is 31.5 Å². The largest absolute Gasteiger partial charge is 0.310 e. The van der Waals surface area contributed by atoms with Gasteiger partial charge in [0.15, 0.2) is 0 Å². The van der Waals surface area contributed by atoms with Crippen molar-refractivity contribution in [3.63, 3.8) is 0 Å². The molecule has 0 bridgehead atoms. The van der Waals surface area contributed by atoms with E-state index in [0.29, 0.717) is 5.92 Å². The molecule has 1 heterocycles. The quantitative estimate of drug-likeness (QED) is 0.867. The lowest BCUT2D eigenvalue weighted by Crippen LogP contribution is -2.35. The fourth-order valence-electron chi connectivity index (χ4n) is 2.39. The number of anilines is 1. The maximum Gasteiger partial charge on any atom is 0.248 e. The average Bonchev–Trinajstić information content (AvgIpc) is 2.50. The van der Waals surface area contributed by atoms with Gasteiger partial charge in [0, 0.05) is 17.8 Å². The van der Waals surface area contributed by atoms with E-state index in [1.807, 2.05) is 11.9 Å². The predicted octanol–water partition coefficient (Wildman–Crippen LogP) is 2.26. The minimum absolute atomic E-state index is 0.168. The monoisotopic (exact) mass is 232 g/mol. The fraction of sp³-hybridized carbons (Fsp3) is 0.500. The smallest absolute Gasteiger partial charge is 0.248 e. The zero-order valence-corrected chi connectivity index (χ0v) is 10.9. The number of fused-ring (bicyclic) bond motifs is 1. The summed E-state index contributed by atoms with van der Waals surface area (Å²) < 4.78 is 0. The second-order valence-corrected chi connectivity index (χ2v) is 5.13. The molecule has 1 aromatic rings. The molecule has 1 N–H and O–H groups in total. The Bertz CT molecular complexity index is 440. The molecular weight excluding hydrogens is 212 g/mol. The van der Waals surface area contributed by atoms with E-state index >= 15 is 0 Å². The first-order valence-corrected chi connectivity index (χ1v) is 6.13. The summed E-state index contributed by atoms with van der Waals surface area (Å²) in [5.74, 6) is 0.644.